The van der Waals surface area contributed by atoms with Gasteiger partial charge in [0.2, 0.25) is 0 Å². The van der Waals surface area contributed by atoms with E-state index < -0.39 is 0 Å². The molecule has 0 saturated carbocycles. The van der Waals surface area contributed by atoms with Gasteiger partial charge in [0.15, 0.2) is 0 Å². The van der Waals surface area contributed by atoms with Crippen molar-refractivity contribution in [3.63, 3.8) is 0 Å². The molecule has 0 unspecified atom stereocenters. The van der Waals surface area contributed by atoms with E-state index in [4.69, 9.17) is 0 Å². The van der Waals surface area contributed by atoms with Gasteiger partial charge in [0, 0.05) is 17.3 Å². The molecule has 0 atom stereocenters. The van der Waals surface area contributed by atoms with Crippen LogP contribution in [0.5, 0.6) is 0 Å². The Kier molecular flexibility index (Phi) is 3.80. The standard InChI is InChI=1S/C10H17N/c1-6-8-9(11-7-2)10(3,4)5/h6-8H,2H2,1,3-5H3/b8-6-,11-9?. The third kappa shape index (κ3) is 3.76. The summed E-state index contributed by atoms with van der Waals surface area (Å²) >= 11 is 0. The van der Waals surface area contributed by atoms with Crippen LogP contribution in [0.2, 0.25) is 0 Å². The number of nitrogens with zero attached hydrogens (tertiary/aromatic N) is 1. The molecule has 0 spiro atoms. The molecule has 0 N–H and O–H groups in total. The molecule has 0 fully saturated rings. The van der Waals surface area contributed by atoms with Crippen molar-refractivity contribution in [3.8, 4) is 0 Å². The van der Waals surface area contributed by atoms with E-state index in [9.17, 15) is 0 Å². The van der Waals surface area contributed by atoms with Crippen molar-refractivity contribution in [2.24, 2.45) is 10.4 Å². The van der Waals surface area contributed by atoms with Crippen molar-refractivity contribution >= 4 is 5.71 Å². The average Bonchev–Trinajstić information content (AvgIpc) is 1.85. The van der Waals surface area contributed by atoms with Gasteiger partial charge in [0.25, 0.3) is 0 Å². The van der Waals surface area contributed by atoms with Crippen LogP contribution in [0, 0.1) is 5.41 Å². The highest BCUT2D eigenvalue weighted by molar-refractivity contribution is 5.99. The van der Waals surface area contributed by atoms with Crippen molar-refractivity contribution < 1.29 is 0 Å². The number of hydrogen-bond acceptors (Lipinski definition) is 1. The lowest BCUT2D eigenvalue weighted by Gasteiger charge is -2.17. The van der Waals surface area contributed by atoms with Crippen LogP contribution in [-0.2, 0) is 0 Å². The van der Waals surface area contributed by atoms with Crippen LogP contribution in [0.3, 0.4) is 0 Å². The van der Waals surface area contributed by atoms with E-state index in [1.807, 2.05) is 19.1 Å². The number of rotatable bonds is 2. The lowest BCUT2D eigenvalue weighted by molar-refractivity contribution is 0.594. The summed E-state index contributed by atoms with van der Waals surface area (Å²) in [5.41, 5.74) is 1.18. The quantitative estimate of drug-likeness (QED) is 0.537. The SMILES string of the molecule is C=CN=C(/C=C\C)C(C)(C)C. The zero-order valence-electron chi connectivity index (χ0n) is 7.89. The fraction of sp³-hybridized carbons (Fsp3) is 0.500. The van der Waals surface area contributed by atoms with Crippen LogP contribution in [0.4, 0.5) is 0 Å². The van der Waals surface area contributed by atoms with Gasteiger partial charge in [-0.25, -0.2) is 0 Å². The Morgan fingerprint density at radius 3 is 2.18 bits per heavy atom. The fourth-order valence-electron chi connectivity index (χ4n) is 0.743. The second-order valence-electron chi connectivity index (χ2n) is 3.45. The maximum Gasteiger partial charge on any atom is 0.0453 e. The summed E-state index contributed by atoms with van der Waals surface area (Å²) in [7, 11) is 0. The van der Waals surface area contributed by atoms with E-state index >= 15 is 0 Å². The molecule has 0 aliphatic heterocycles. The summed E-state index contributed by atoms with van der Waals surface area (Å²) < 4.78 is 0. The molecule has 0 radical (unpaired) electrons. The Morgan fingerprint density at radius 1 is 1.36 bits per heavy atom. The maximum absolute atomic E-state index is 4.18. The maximum atomic E-state index is 4.18. The lowest BCUT2D eigenvalue weighted by atomic mass is 9.89. The smallest absolute Gasteiger partial charge is 0.0453 e. The molecule has 1 nitrogen and oxygen atoms in total. The summed E-state index contributed by atoms with van der Waals surface area (Å²) in [6.45, 7) is 12.0. The third-order valence-corrected chi connectivity index (χ3v) is 1.32. The van der Waals surface area contributed by atoms with E-state index in [2.05, 4.69) is 32.3 Å². The molecule has 0 rings (SSSR count). The van der Waals surface area contributed by atoms with Gasteiger partial charge in [-0.15, -0.1) is 0 Å². The Morgan fingerprint density at radius 2 is 1.91 bits per heavy atom. The van der Waals surface area contributed by atoms with Crippen molar-refractivity contribution in [3.05, 3.63) is 24.9 Å². The van der Waals surface area contributed by atoms with Crippen LogP contribution >= 0.6 is 0 Å². The lowest BCUT2D eigenvalue weighted by Crippen LogP contribution is -2.17. The summed E-state index contributed by atoms with van der Waals surface area (Å²) in [5.74, 6) is 0. The number of hydrogen-bond donors (Lipinski definition) is 0. The highest BCUT2D eigenvalue weighted by Gasteiger charge is 2.14. The average molecular weight is 151 g/mol. The summed E-state index contributed by atoms with van der Waals surface area (Å²) in [5, 5.41) is 0. The first-order valence-electron chi connectivity index (χ1n) is 3.84. The van der Waals surface area contributed by atoms with E-state index in [1.165, 1.54) is 0 Å². The normalized spacial score (nSPS) is 14.0. The molecule has 0 aliphatic rings. The van der Waals surface area contributed by atoms with Crippen LogP contribution in [0.15, 0.2) is 29.9 Å². The van der Waals surface area contributed by atoms with Crippen LogP contribution in [-0.4, -0.2) is 5.71 Å². The molecule has 0 aromatic heterocycles. The van der Waals surface area contributed by atoms with Crippen molar-refractivity contribution in [2.45, 2.75) is 27.7 Å². The van der Waals surface area contributed by atoms with Gasteiger partial charge in [-0.2, -0.15) is 0 Å². The minimum atomic E-state index is 0.112. The monoisotopic (exact) mass is 151 g/mol. The topological polar surface area (TPSA) is 12.4 Å². The van der Waals surface area contributed by atoms with Gasteiger partial charge in [-0.1, -0.05) is 33.4 Å². The molecule has 0 bridgehead atoms. The van der Waals surface area contributed by atoms with Gasteiger partial charge in [0.1, 0.15) is 0 Å². The summed E-state index contributed by atoms with van der Waals surface area (Å²) in [6.07, 6.45) is 5.59. The Labute approximate surface area is 69.5 Å². The highest BCUT2D eigenvalue weighted by atomic mass is 14.7. The summed E-state index contributed by atoms with van der Waals surface area (Å²) in [4.78, 5) is 4.18. The summed E-state index contributed by atoms with van der Waals surface area (Å²) in [6, 6.07) is 0. The van der Waals surface area contributed by atoms with E-state index in [-0.39, 0.29) is 5.41 Å². The van der Waals surface area contributed by atoms with Gasteiger partial charge >= 0.3 is 0 Å². The van der Waals surface area contributed by atoms with Crippen LogP contribution in [0.1, 0.15) is 27.7 Å². The van der Waals surface area contributed by atoms with E-state index in [1.54, 1.807) is 6.20 Å². The minimum absolute atomic E-state index is 0.112. The van der Waals surface area contributed by atoms with Crippen molar-refractivity contribution in [1.82, 2.24) is 0 Å². The zero-order valence-corrected chi connectivity index (χ0v) is 7.89. The Balaban J connectivity index is 4.61. The molecule has 11 heavy (non-hydrogen) atoms. The molecule has 0 aromatic carbocycles. The van der Waals surface area contributed by atoms with Gasteiger partial charge < -0.3 is 0 Å². The van der Waals surface area contributed by atoms with E-state index in [0.29, 0.717) is 0 Å². The molecule has 62 valence electrons. The molecule has 0 aliphatic carbocycles. The molecular weight excluding hydrogens is 134 g/mol. The minimum Gasteiger partial charge on any atom is -0.261 e. The van der Waals surface area contributed by atoms with Gasteiger partial charge in [0.05, 0.1) is 0 Å². The number of aliphatic imine (C=N–C) groups is 1. The third-order valence-electron chi connectivity index (χ3n) is 1.32. The second kappa shape index (κ2) is 4.12. The predicted molar refractivity (Wildman–Crippen MR) is 51.9 cm³/mol. The first kappa shape index (κ1) is 10.2. The first-order valence-corrected chi connectivity index (χ1v) is 3.84. The molecule has 0 heterocycles. The first-order chi connectivity index (χ1) is 5.02. The van der Waals surface area contributed by atoms with E-state index in [0.717, 1.165) is 5.71 Å². The van der Waals surface area contributed by atoms with Gasteiger partial charge in [-0.3, -0.25) is 4.99 Å². The zero-order chi connectivity index (χ0) is 8.91. The van der Waals surface area contributed by atoms with Gasteiger partial charge in [-0.05, 0) is 13.0 Å². The fourth-order valence-corrected chi connectivity index (χ4v) is 0.743. The second-order valence-corrected chi connectivity index (χ2v) is 3.45. The molecule has 1 heteroatoms. The predicted octanol–water partition coefficient (Wildman–Crippen LogP) is 3.19. The van der Waals surface area contributed by atoms with Crippen molar-refractivity contribution in [1.29, 1.82) is 0 Å². The van der Waals surface area contributed by atoms with Crippen LogP contribution in [0.25, 0.3) is 0 Å². The number of allylic oxidation sites excluding steroid dienone is 2. The molecule has 0 saturated heterocycles. The van der Waals surface area contributed by atoms with Crippen molar-refractivity contribution in [2.75, 3.05) is 0 Å². The highest BCUT2D eigenvalue weighted by Crippen LogP contribution is 2.17. The molecular formula is C10H17N. The molecule has 0 amide bonds. The largest absolute Gasteiger partial charge is 0.261 e. The van der Waals surface area contributed by atoms with Crippen LogP contribution < -0.4 is 0 Å². The Bertz CT molecular complexity index is 180. The Hall–Kier alpha value is -0.850. The molecule has 0 aromatic rings.